The number of furan rings is 1. The van der Waals surface area contributed by atoms with Gasteiger partial charge in [-0.25, -0.2) is 9.59 Å². The number of hydrogen-bond acceptors (Lipinski definition) is 5. The number of benzene rings is 1. The molecular formula is C18H18ClF3N2O6. The molecule has 164 valence electrons. The van der Waals surface area contributed by atoms with Crippen LogP contribution in [0.5, 0.6) is 0 Å². The molecule has 0 aliphatic rings. The molecule has 0 atom stereocenters. The summed E-state index contributed by atoms with van der Waals surface area (Å²) >= 11 is 5.54. The highest BCUT2D eigenvalue weighted by molar-refractivity contribution is 6.31. The number of nitrogens with zero attached hydrogens (tertiary/aromatic N) is 1. The second-order valence-corrected chi connectivity index (χ2v) is 6.44. The van der Waals surface area contributed by atoms with Crippen LogP contribution in [0.25, 0.3) is 0 Å². The summed E-state index contributed by atoms with van der Waals surface area (Å²) in [5, 5.41) is 16.8. The monoisotopic (exact) mass is 450 g/mol. The van der Waals surface area contributed by atoms with Crippen LogP contribution in [0.4, 0.5) is 18.9 Å². The van der Waals surface area contributed by atoms with Crippen LogP contribution < -0.4 is 5.32 Å². The van der Waals surface area contributed by atoms with Crippen LogP contribution in [0.1, 0.15) is 17.1 Å². The minimum atomic E-state index is -4.58. The Kier molecular flexibility index (Phi) is 8.87. The third kappa shape index (κ3) is 8.53. The fourth-order valence-electron chi connectivity index (χ4n) is 2.16. The quantitative estimate of drug-likeness (QED) is 0.596. The Morgan fingerprint density at radius 3 is 2.20 bits per heavy atom. The number of rotatable bonds is 5. The predicted octanol–water partition coefficient (Wildman–Crippen LogP) is 3.49. The molecule has 2 rings (SSSR count). The number of alkyl halides is 3. The zero-order valence-electron chi connectivity index (χ0n) is 15.8. The number of likely N-dealkylation sites (N-methyl/N-ethyl adjacent to an activating group) is 1. The van der Waals surface area contributed by atoms with Gasteiger partial charge in [0.25, 0.3) is 0 Å². The molecule has 0 aliphatic carbocycles. The van der Waals surface area contributed by atoms with Crippen LogP contribution in [0.2, 0.25) is 5.02 Å². The molecule has 0 bridgehead atoms. The fraction of sp³-hybridized carbons (Fsp3) is 0.278. The van der Waals surface area contributed by atoms with Gasteiger partial charge in [-0.1, -0.05) is 11.6 Å². The number of aliphatic carboxylic acids is 2. The lowest BCUT2D eigenvalue weighted by Gasteiger charge is -2.16. The van der Waals surface area contributed by atoms with E-state index in [1.807, 2.05) is 13.0 Å². The second-order valence-electron chi connectivity index (χ2n) is 6.04. The van der Waals surface area contributed by atoms with Crippen molar-refractivity contribution in [3.63, 3.8) is 0 Å². The van der Waals surface area contributed by atoms with E-state index in [0.717, 1.165) is 17.9 Å². The van der Waals surface area contributed by atoms with Gasteiger partial charge in [0.1, 0.15) is 11.5 Å². The summed E-state index contributed by atoms with van der Waals surface area (Å²) in [6.45, 7) is 2.23. The lowest BCUT2D eigenvalue weighted by Crippen LogP contribution is -2.29. The number of amides is 1. The first-order valence-electron chi connectivity index (χ1n) is 8.16. The van der Waals surface area contributed by atoms with Crippen molar-refractivity contribution in [3.05, 3.63) is 52.4 Å². The first kappa shape index (κ1) is 25.0. The van der Waals surface area contributed by atoms with Gasteiger partial charge in [-0.3, -0.25) is 9.69 Å². The van der Waals surface area contributed by atoms with Crippen molar-refractivity contribution in [1.29, 1.82) is 0 Å². The molecule has 30 heavy (non-hydrogen) atoms. The Balaban J connectivity index is 0.000000656. The van der Waals surface area contributed by atoms with E-state index in [1.54, 1.807) is 18.0 Å². The molecule has 0 saturated heterocycles. The maximum Gasteiger partial charge on any atom is 0.417 e. The summed E-state index contributed by atoms with van der Waals surface area (Å²) in [7, 11) is 1.71. The van der Waals surface area contributed by atoms with Crippen molar-refractivity contribution in [2.24, 2.45) is 0 Å². The van der Waals surface area contributed by atoms with E-state index in [9.17, 15) is 18.0 Å². The van der Waals surface area contributed by atoms with Gasteiger partial charge in [-0.05, 0) is 44.3 Å². The van der Waals surface area contributed by atoms with Crippen LogP contribution in [0, 0.1) is 6.92 Å². The Morgan fingerprint density at radius 1 is 1.13 bits per heavy atom. The number of halogens is 4. The molecule has 1 aromatic carbocycles. The Labute approximate surface area is 173 Å². The molecule has 0 radical (unpaired) electrons. The second kappa shape index (κ2) is 10.6. The first-order chi connectivity index (χ1) is 13.8. The van der Waals surface area contributed by atoms with E-state index in [2.05, 4.69) is 5.32 Å². The van der Waals surface area contributed by atoms with Crippen LogP contribution in [0.3, 0.4) is 0 Å². The van der Waals surface area contributed by atoms with E-state index in [-0.39, 0.29) is 12.2 Å². The maximum absolute atomic E-state index is 12.8. The molecule has 1 heterocycles. The number of aryl methyl sites for hydroxylation is 1. The summed E-state index contributed by atoms with van der Waals surface area (Å²) in [4.78, 5) is 31.9. The number of hydrogen-bond donors (Lipinski definition) is 3. The zero-order valence-corrected chi connectivity index (χ0v) is 16.5. The van der Waals surface area contributed by atoms with E-state index in [4.69, 9.17) is 35.8 Å². The maximum atomic E-state index is 12.8. The molecule has 8 nitrogen and oxygen atoms in total. The predicted molar refractivity (Wildman–Crippen MR) is 100 cm³/mol. The molecule has 0 fully saturated rings. The molecule has 0 saturated carbocycles. The van der Waals surface area contributed by atoms with Crippen LogP contribution in [0.15, 0.2) is 34.7 Å². The molecule has 0 aliphatic heterocycles. The van der Waals surface area contributed by atoms with Crippen molar-refractivity contribution >= 4 is 35.1 Å². The van der Waals surface area contributed by atoms with Gasteiger partial charge in [0.2, 0.25) is 5.91 Å². The van der Waals surface area contributed by atoms with Gasteiger partial charge in [-0.15, -0.1) is 0 Å². The van der Waals surface area contributed by atoms with Crippen molar-refractivity contribution < 1.29 is 42.2 Å². The highest BCUT2D eigenvalue weighted by Crippen LogP contribution is 2.36. The fourth-order valence-corrected chi connectivity index (χ4v) is 2.38. The SMILES string of the molecule is Cc1ccc(CN(C)CC(=O)Nc2ccc(Cl)c(C(F)(F)F)c2)o1.O=C(O)C(=O)O. The number of anilines is 1. The standard InChI is InChI=1S/C16H16ClF3N2O2.C2H2O4/c1-10-3-5-12(24-10)8-22(2)9-15(23)21-11-4-6-14(17)13(7-11)16(18,19)20;3-1(4)2(5)6/h3-7H,8-9H2,1-2H3,(H,21,23);(H,3,4)(H,5,6). The number of nitrogens with one attached hydrogen (secondary N) is 1. The molecule has 0 unspecified atom stereocenters. The summed E-state index contributed by atoms with van der Waals surface area (Å²) in [5.41, 5.74) is -0.944. The highest BCUT2D eigenvalue weighted by Gasteiger charge is 2.33. The minimum Gasteiger partial charge on any atom is -0.473 e. The average Bonchev–Trinajstić information content (AvgIpc) is 3.00. The molecule has 3 N–H and O–H groups in total. The molecule has 0 spiro atoms. The van der Waals surface area contributed by atoms with Crippen LogP contribution >= 0.6 is 11.6 Å². The molecule has 2 aromatic rings. The smallest absolute Gasteiger partial charge is 0.417 e. The van der Waals surface area contributed by atoms with Crippen molar-refractivity contribution in [1.82, 2.24) is 4.90 Å². The van der Waals surface area contributed by atoms with E-state index >= 15 is 0 Å². The third-order valence-electron chi connectivity index (χ3n) is 3.37. The van der Waals surface area contributed by atoms with Gasteiger partial charge in [0, 0.05) is 5.69 Å². The van der Waals surface area contributed by atoms with Crippen molar-refractivity contribution in [2.75, 3.05) is 18.9 Å². The Morgan fingerprint density at radius 2 is 1.73 bits per heavy atom. The summed E-state index contributed by atoms with van der Waals surface area (Å²) in [6, 6.07) is 6.87. The molecule has 12 heteroatoms. The van der Waals surface area contributed by atoms with Gasteiger partial charge in [0.05, 0.1) is 23.7 Å². The topological polar surface area (TPSA) is 120 Å². The number of carbonyl (C=O) groups excluding carboxylic acids is 1. The van der Waals surface area contributed by atoms with Crippen molar-refractivity contribution in [2.45, 2.75) is 19.6 Å². The third-order valence-corrected chi connectivity index (χ3v) is 3.70. The van der Waals surface area contributed by atoms with Crippen LogP contribution in [-0.2, 0) is 27.1 Å². The zero-order chi connectivity index (χ0) is 23.1. The molecule has 1 aromatic heterocycles. The number of carbonyl (C=O) groups is 3. The lowest BCUT2D eigenvalue weighted by atomic mass is 10.2. The summed E-state index contributed by atoms with van der Waals surface area (Å²) in [5.74, 6) is -2.61. The highest BCUT2D eigenvalue weighted by atomic mass is 35.5. The largest absolute Gasteiger partial charge is 0.473 e. The first-order valence-corrected chi connectivity index (χ1v) is 8.54. The minimum absolute atomic E-state index is 0.00370. The van der Waals surface area contributed by atoms with Crippen LogP contribution in [-0.4, -0.2) is 46.6 Å². The van der Waals surface area contributed by atoms with Gasteiger partial charge in [-0.2, -0.15) is 13.2 Å². The molecule has 1 amide bonds. The van der Waals surface area contributed by atoms with E-state index in [0.29, 0.717) is 12.3 Å². The number of carboxylic acids is 2. The van der Waals surface area contributed by atoms with Crippen molar-refractivity contribution in [3.8, 4) is 0 Å². The summed E-state index contributed by atoms with van der Waals surface area (Å²) in [6.07, 6.45) is -4.58. The summed E-state index contributed by atoms with van der Waals surface area (Å²) < 4.78 is 43.8. The van der Waals surface area contributed by atoms with Gasteiger partial charge >= 0.3 is 18.1 Å². The Hall–Kier alpha value is -3.05. The average molecular weight is 451 g/mol. The number of carboxylic acid groups (broad SMARTS) is 2. The normalized spacial score (nSPS) is 10.9. The molecular weight excluding hydrogens is 433 g/mol. The Bertz CT molecular complexity index is 902. The lowest BCUT2D eigenvalue weighted by molar-refractivity contribution is -0.159. The van der Waals surface area contributed by atoms with E-state index < -0.39 is 34.6 Å². The van der Waals surface area contributed by atoms with Gasteiger partial charge in [0.15, 0.2) is 0 Å². The van der Waals surface area contributed by atoms with E-state index in [1.165, 1.54) is 6.07 Å². The van der Waals surface area contributed by atoms with Gasteiger partial charge < -0.3 is 19.9 Å².